The Morgan fingerprint density at radius 2 is 0.971 bits per heavy atom. The molecule has 2 atom stereocenters. The van der Waals surface area contributed by atoms with Crippen molar-refractivity contribution >= 4 is 11.8 Å². The van der Waals surface area contributed by atoms with Crippen LogP contribution in [-0.4, -0.2) is 23.0 Å². The molecule has 0 radical (unpaired) electrons. The molecule has 2 aliphatic carbocycles. The van der Waals surface area contributed by atoms with E-state index in [1.54, 1.807) is 0 Å². The number of benzene rings is 2. The van der Waals surface area contributed by atoms with Crippen molar-refractivity contribution in [3.63, 3.8) is 0 Å². The van der Waals surface area contributed by atoms with Crippen LogP contribution in [0.4, 0.5) is 0 Å². The van der Waals surface area contributed by atoms with E-state index in [4.69, 9.17) is 19.5 Å². The first-order valence-corrected chi connectivity index (χ1v) is 11.9. The maximum absolute atomic E-state index is 6.62. The minimum absolute atomic E-state index is 0. The molecule has 2 aromatic carbocycles. The van der Waals surface area contributed by atoms with Crippen LogP contribution in [0.3, 0.4) is 0 Å². The van der Waals surface area contributed by atoms with Gasteiger partial charge in [0.2, 0.25) is 0 Å². The Kier molecular flexibility index (Phi) is 9.08. The molecule has 34 heavy (non-hydrogen) atoms. The van der Waals surface area contributed by atoms with Gasteiger partial charge < -0.3 is 43.4 Å². The van der Waals surface area contributed by atoms with Gasteiger partial charge in [0.1, 0.15) is 23.3 Å². The zero-order valence-electron chi connectivity index (χ0n) is 19.1. The van der Waals surface area contributed by atoms with Gasteiger partial charge in [0.15, 0.2) is 11.8 Å². The smallest absolute Gasteiger partial charge is 1.00 e. The molecule has 2 spiro atoms. The van der Waals surface area contributed by atoms with Crippen molar-refractivity contribution in [2.24, 2.45) is 9.98 Å². The number of hydrogen-bond acceptors (Lipinski definition) is 4. The molecule has 6 rings (SSSR count). The molecular formula is C27H30Br2N2NiO2. The molecule has 0 aromatic heterocycles. The third kappa shape index (κ3) is 4.90. The van der Waals surface area contributed by atoms with Crippen LogP contribution in [0.1, 0.15) is 81.0 Å². The zero-order valence-corrected chi connectivity index (χ0v) is 23.2. The van der Waals surface area contributed by atoms with Crippen molar-refractivity contribution < 1.29 is 59.9 Å². The van der Waals surface area contributed by atoms with Gasteiger partial charge in [0.05, 0.1) is 6.42 Å². The van der Waals surface area contributed by atoms with Crippen LogP contribution >= 0.6 is 0 Å². The molecule has 7 heteroatoms. The number of hydrogen-bond donors (Lipinski definition) is 0. The van der Waals surface area contributed by atoms with Crippen LogP contribution in [0.2, 0.25) is 0 Å². The molecule has 0 saturated heterocycles. The largest absolute Gasteiger partial charge is 2.00 e. The number of aliphatic imine (C=N–C) groups is 2. The van der Waals surface area contributed by atoms with E-state index in [9.17, 15) is 0 Å². The molecule has 2 heterocycles. The second kappa shape index (κ2) is 11.3. The summed E-state index contributed by atoms with van der Waals surface area (Å²) in [5.41, 5.74) is 2.14. The van der Waals surface area contributed by atoms with Gasteiger partial charge in [-0.05, 0) is 62.5 Å². The van der Waals surface area contributed by atoms with Crippen molar-refractivity contribution in [3.8, 4) is 0 Å². The van der Waals surface area contributed by atoms with Gasteiger partial charge in [0, 0.05) is 0 Å². The maximum atomic E-state index is 6.62. The van der Waals surface area contributed by atoms with E-state index < -0.39 is 0 Å². The van der Waals surface area contributed by atoms with Crippen LogP contribution in [0.5, 0.6) is 0 Å². The molecule has 4 nitrogen and oxygen atoms in total. The molecule has 4 aliphatic rings. The van der Waals surface area contributed by atoms with Crippen LogP contribution in [0.25, 0.3) is 0 Å². The quantitative estimate of drug-likeness (QED) is 0.457. The van der Waals surface area contributed by atoms with E-state index in [0.717, 1.165) is 37.5 Å². The van der Waals surface area contributed by atoms with Gasteiger partial charge in [0.25, 0.3) is 0 Å². The topological polar surface area (TPSA) is 43.2 Å². The van der Waals surface area contributed by atoms with Crippen molar-refractivity contribution in [3.05, 3.63) is 71.8 Å². The summed E-state index contributed by atoms with van der Waals surface area (Å²) in [6.45, 7) is 0. The predicted octanol–water partition coefficient (Wildman–Crippen LogP) is 0.348. The van der Waals surface area contributed by atoms with E-state index in [-0.39, 0.29) is 73.7 Å². The molecule has 0 unspecified atom stereocenters. The summed E-state index contributed by atoms with van der Waals surface area (Å²) < 4.78 is 13.2. The van der Waals surface area contributed by atoms with Crippen LogP contribution in [0.15, 0.2) is 70.6 Å². The molecule has 2 saturated carbocycles. The first kappa shape index (κ1) is 27.4. The van der Waals surface area contributed by atoms with Crippen LogP contribution < -0.4 is 34.0 Å². The van der Waals surface area contributed by atoms with E-state index in [1.165, 1.54) is 36.8 Å². The van der Waals surface area contributed by atoms with Crippen LogP contribution in [0, 0.1) is 0 Å². The maximum Gasteiger partial charge on any atom is 2.00 e. The van der Waals surface area contributed by atoms with Gasteiger partial charge in [-0.1, -0.05) is 60.7 Å². The SMILES string of the molecule is [Br-].[Br-].[Ni+2].c1ccc([C@H]2N=C(CC3=N[C@H](c4ccccc4)C4(CCCC4)O3)OC23CCCC3)cc1. The fourth-order valence-corrected chi connectivity index (χ4v) is 6.17. The average molecular weight is 633 g/mol. The molecule has 0 N–H and O–H groups in total. The van der Waals surface area contributed by atoms with Crippen molar-refractivity contribution in [1.29, 1.82) is 0 Å². The standard InChI is InChI=1S/C27H30N2O2.2BrH.Ni/c1-3-11-20(12-4-1)24-26(15-7-8-16-26)30-22(28-24)19-23-29-25(21-13-5-2-6-14-21)27(31-23)17-9-10-18-27;;;/h1-6,11-14,24-25H,7-10,15-19H2;2*1H;/q;;;+2/p-2/t24-,25-;;;/m1.../s1. The molecule has 2 fully saturated rings. The number of halogens is 2. The van der Waals surface area contributed by atoms with Crippen molar-refractivity contribution in [1.82, 2.24) is 0 Å². The summed E-state index contributed by atoms with van der Waals surface area (Å²) in [7, 11) is 0. The Bertz CT molecular complexity index is 922. The number of nitrogens with zero attached hydrogens (tertiary/aromatic N) is 2. The fraction of sp³-hybridized carbons (Fsp3) is 0.481. The normalized spacial score (nSPS) is 25.4. The summed E-state index contributed by atoms with van der Waals surface area (Å²) in [4.78, 5) is 10.2. The molecule has 184 valence electrons. The van der Waals surface area contributed by atoms with Gasteiger partial charge in [-0.2, -0.15) is 0 Å². The summed E-state index contributed by atoms with van der Waals surface area (Å²) in [6.07, 6.45) is 9.70. The second-order valence-corrected chi connectivity index (χ2v) is 9.60. The third-order valence-corrected chi connectivity index (χ3v) is 7.62. The van der Waals surface area contributed by atoms with Crippen molar-refractivity contribution in [2.75, 3.05) is 0 Å². The fourth-order valence-electron chi connectivity index (χ4n) is 6.17. The van der Waals surface area contributed by atoms with Gasteiger partial charge >= 0.3 is 16.5 Å². The molecule has 0 bridgehead atoms. The summed E-state index contributed by atoms with van der Waals surface area (Å²) >= 11 is 0. The van der Waals surface area contributed by atoms with Gasteiger partial charge in [-0.15, -0.1) is 0 Å². The van der Waals surface area contributed by atoms with Crippen LogP contribution in [-0.2, 0) is 26.0 Å². The Hall–Kier alpha value is -1.17. The van der Waals surface area contributed by atoms with E-state index in [2.05, 4.69) is 60.7 Å². The first-order chi connectivity index (χ1) is 15.3. The van der Waals surface area contributed by atoms with E-state index >= 15 is 0 Å². The first-order valence-electron chi connectivity index (χ1n) is 11.9. The van der Waals surface area contributed by atoms with E-state index in [0.29, 0.717) is 6.42 Å². The van der Waals surface area contributed by atoms with Crippen molar-refractivity contribution in [2.45, 2.75) is 81.1 Å². The van der Waals surface area contributed by atoms with Gasteiger partial charge in [-0.25, -0.2) is 9.98 Å². The minimum Gasteiger partial charge on any atom is -1.00 e. The second-order valence-electron chi connectivity index (χ2n) is 9.60. The average Bonchev–Trinajstić information content (AvgIpc) is 3.60. The molecular weight excluding hydrogens is 603 g/mol. The van der Waals surface area contributed by atoms with E-state index in [1.807, 2.05) is 0 Å². The Balaban J connectivity index is 0.00000108. The monoisotopic (exact) mass is 630 g/mol. The Labute approximate surface area is 233 Å². The van der Waals surface area contributed by atoms with Gasteiger partial charge in [-0.3, -0.25) is 0 Å². The Morgan fingerprint density at radius 3 is 1.32 bits per heavy atom. The molecule has 2 aromatic rings. The summed E-state index contributed by atoms with van der Waals surface area (Å²) in [6, 6.07) is 21.4. The molecule has 0 amide bonds. The zero-order chi connectivity index (χ0) is 20.7. The third-order valence-electron chi connectivity index (χ3n) is 7.62. The summed E-state index contributed by atoms with van der Waals surface area (Å²) in [5, 5.41) is 0. The Morgan fingerprint density at radius 1 is 0.618 bits per heavy atom. The number of rotatable bonds is 4. The minimum atomic E-state index is -0.181. The number of ether oxygens (including phenoxy) is 2. The molecule has 2 aliphatic heterocycles. The predicted molar refractivity (Wildman–Crippen MR) is 122 cm³/mol. The summed E-state index contributed by atoms with van der Waals surface area (Å²) in [5.74, 6) is 1.60.